The molecular weight excluding hydrogens is 388 g/mol. The van der Waals surface area contributed by atoms with Crippen molar-refractivity contribution in [2.24, 2.45) is 0 Å². The molecule has 3 heterocycles. The number of halogens is 1. The highest BCUT2D eigenvalue weighted by atomic mass is 35.5. The highest BCUT2D eigenvalue weighted by molar-refractivity contribution is 6.30. The third-order valence-corrected chi connectivity index (χ3v) is 5.53. The SMILES string of the molecule is COc1ccc(CN2CCCN(Cc3cc(=O)n4cc(Cl)ccc4n3)CC2)cc1. The third-order valence-electron chi connectivity index (χ3n) is 5.31. The van der Waals surface area contributed by atoms with Crippen LogP contribution >= 0.6 is 11.6 Å². The van der Waals surface area contributed by atoms with Gasteiger partial charge in [0.25, 0.3) is 5.56 Å². The first kappa shape index (κ1) is 19.9. The topological polar surface area (TPSA) is 50.1 Å². The number of hydrogen-bond donors (Lipinski definition) is 0. The zero-order valence-corrected chi connectivity index (χ0v) is 17.3. The van der Waals surface area contributed by atoms with Gasteiger partial charge in [0.2, 0.25) is 0 Å². The maximum atomic E-state index is 12.4. The fraction of sp³-hybridized carbons (Fsp3) is 0.364. The van der Waals surface area contributed by atoms with Crippen LogP contribution in [0.25, 0.3) is 5.65 Å². The Kier molecular flexibility index (Phi) is 6.13. The molecule has 0 amide bonds. The highest BCUT2D eigenvalue weighted by Gasteiger charge is 2.16. The maximum absolute atomic E-state index is 12.4. The molecule has 152 valence electrons. The van der Waals surface area contributed by atoms with Crippen molar-refractivity contribution in [2.45, 2.75) is 19.5 Å². The molecule has 3 aromatic rings. The molecule has 0 spiro atoms. The number of methoxy groups -OCH3 is 1. The van der Waals surface area contributed by atoms with Crippen LogP contribution in [0.1, 0.15) is 17.7 Å². The summed E-state index contributed by atoms with van der Waals surface area (Å²) in [5.74, 6) is 0.886. The second kappa shape index (κ2) is 8.95. The van der Waals surface area contributed by atoms with Gasteiger partial charge in [-0.1, -0.05) is 23.7 Å². The van der Waals surface area contributed by atoms with E-state index in [0.29, 0.717) is 17.2 Å². The van der Waals surface area contributed by atoms with Gasteiger partial charge in [-0.3, -0.25) is 19.0 Å². The molecular formula is C22H25ClN4O2. The quantitative estimate of drug-likeness (QED) is 0.644. The molecule has 4 rings (SSSR count). The molecule has 7 heteroatoms. The Balaban J connectivity index is 1.39. The minimum absolute atomic E-state index is 0.0940. The minimum atomic E-state index is -0.0940. The molecule has 1 aliphatic heterocycles. The molecule has 29 heavy (non-hydrogen) atoms. The van der Waals surface area contributed by atoms with E-state index in [2.05, 4.69) is 26.9 Å². The van der Waals surface area contributed by atoms with E-state index in [1.807, 2.05) is 12.1 Å². The molecule has 0 unspecified atom stereocenters. The zero-order chi connectivity index (χ0) is 20.2. The van der Waals surface area contributed by atoms with Crippen molar-refractivity contribution in [1.29, 1.82) is 0 Å². The summed E-state index contributed by atoms with van der Waals surface area (Å²) in [6.07, 6.45) is 2.71. The number of pyridine rings is 1. The largest absolute Gasteiger partial charge is 0.497 e. The van der Waals surface area contributed by atoms with Crippen LogP contribution in [-0.4, -0.2) is 52.5 Å². The van der Waals surface area contributed by atoms with E-state index >= 15 is 0 Å². The average Bonchev–Trinajstić information content (AvgIpc) is 2.94. The summed E-state index contributed by atoms with van der Waals surface area (Å²) >= 11 is 5.98. The van der Waals surface area contributed by atoms with Gasteiger partial charge >= 0.3 is 0 Å². The van der Waals surface area contributed by atoms with Crippen molar-refractivity contribution < 1.29 is 4.74 Å². The third kappa shape index (κ3) is 4.96. The number of nitrogens with zero attached hydrogens (tertiary/aromatic N) is 4. The molecule has 6 nitrogen and oxygen atoms in total. The van der Waals surface area contributed by atoms with E-state index in [9.17, 15) is 4.79 Å². The molecule has 1 aromatic carbocycles. The van der Waals surface area contributed by atoms with Gasteiger partial charge in [-0.15, -0.1) is 0 Å². The monoisotopic (exact) mass is 412 g/mol. The predicted molar refractivity (Wildman–Crippen MR) is 115 cm³/mol. The van der Waals surface area contributed by atoms with Gasteiger partial charge < -0.3 is 4.74 Å². The van der Waals surface area contributed by atoms with Crippen LogP contribution in [-0.2, 0) is 13.1 Å². The van der Waals surface area contributed by atoms with Crippen LogP contribution in [0.4, 0.5) is 0 Å². The molecule has 1 saturated heterocycles. The van der Waals surface area contributed by atoms with Crippen LogP contribution in [0.3, 0.4) is 0 Å². The van der Waals surface area contributed by atoms with E-state index in [-0.39, 0.29) is 5.56 Å². The van der Waals surface area contributed by atoms with Gasteiger partial charge in [0.05, 0.1) is 17.8 Å². The Morgan fingerprint density at radius 1 is 1.00 bits per heavy atom. The van der Waals surface area contributed by atoms with Crippen molar-refractivity contribution in [3.63, 3.8) is 0 Å². The van der Waals surface area contributed by atoms with Gasteiger partial charge in [0, 0.05) is 38.4 Å². The summed E-state index contributed by atoms with van der Waals surface area (Å²) in [5, 5.41) is 0.526. The molecule has 0 aliphatic carbocycles. The van der Waals surface area contributed by atoms with Crippen LogP contribution in [0.15, 0.2) is 53.5 Å². The normalized spacial score (nSPS) is 16.1. The second-order valence-electron chi connectivity index (χ2n) is 7.42. The van der Waals surface area contributed by atoms with Gasteiger partial charge in [-0.25, -0.2) is 4.98 Å². The number of rotatable bonds is 5. The number of hydrogen-bond acceptors (Lipinski definition) is 5. The first-order chi connectivity index (χ1) is 14.1. The van der Waals surface area contributed by atoms with E-state index in [1.54, 1.807) is 31.5 Å². The zero-order valence-electron chi connectivity index (χ0n) is 16.6. The molecule has 0 atom stereocenters. The van der Waals surface area contributed by atoms with Gasteiger partial charge in [-0.05, 0) is 49.3 Å². The molecule has 1 fully saturated rings. The lowest BCUT2D eigenvalue weighted by molar-refractivity contribution is 0.245. The fourth-order valence-corrected chi connectivity index (χ4v) is 3.93. The first-order valence-electron chi connectivity index (χ1n) is 9.86. The van der Waals surface area contributed by atoms with Gasteiger partial charge in [-0.2, -0.15) is 0 Å². The predicted octanol–water partition coefficient (Wildman–Crippen LogP) is 3.06. The Labute approximate surface area is 175 Å². The van der Waals surface area contributed by atoms with Crippen LogP contribution in [0, 0.1) is 0 Å². The first-order valence-corrected chi connectivity index (χ1v) is 10.2. The molecule has 2 aromatic heterocycles. The number of aromatic nitrogens is 2. The molecule has 0 bridgehead atoms. The maximum Gasteiger partial charge on any atom is 0.258 e. The Bertz CT molecular complexity index is 1040. The summed E-state index contributed by atoms with van der Waals surface area (Å²) in [7, 11) is 1.69. The van der Waals surface area contributed by atoms with Crippen molar-refractivity contribution >= 4 is 17.2 Å². The Morgan fingerprint density at radius 3 is 2.45 bits per heavy atom. The van der Waals surface area contributed by atoms with E-state index in [4.69, 9.17) is 16.3 Å². The number of ether oxygens (including phenoxy) is 1. The summed E-state index contributed by atoms with van der Waals surface area (Å²) in [6.45, 7) is 5.64. The van der Waals surface area contributed by atoms with E-state index in [1.165, 1.54) is 9.96 Å². The van der Waals surface area contributed by atoms with Gasteiger partial charge in [0.1, 0.15) is 11.4 Å². The summed E-state index contributed by atoms with van der Waals surface area (Å²) in [5.41, 5.74) is 2.64. The lowest BCUT2D eigenvalue weighted by atomic mass is 10.2. The van der Waals surface area contributed by atoms with Crippen molar-refractivity contribution in [1.82, 2.24) is 19.2 Å². The number of fused-ring (bicyclic) bond motifs is 1. The summed E-state index contributed by atoms with van der Waals surface area (Å²) in [6, 6.07) is 13.4. The summed E-state index contributed by atoms with van der Waals surface area (Å²) in [4.78, 5) is 21.9. The Morgan fingerprint density at radius 2 is 1.72 bits per heavy atom. The van der Waals surface area contributed by atoms with Crippen molar-refractivity contribution in [3.05, 3.63) is 75.3 Å². The number of benzene rings is 1. The van der Waals surface area contributed by atoms with E-state index < -0.39 is 0 Å². The lowest BCUT2D eigenvalue weighted by Gasteiger charge is -2.21. The minimum Gasteiger partial charge on any atom is -0.497 e. The fourth-order valence-electron chi connectivity index (χ4n) is 3.77. The second-order valence-corrected chi connectivity index (χ2v) is 7.85. The van der Waals surface area contributed by atoms with Crippen LogP contribution < -0.4 is 10.3 Å². The molecule has 0 saturated carbocycles. The van der Waals surface area contributed by atoms with Crippen LogP contribution in [0.5, 0.6) is 5.75 Å². The highest BCUT2D eigenvalue weighted by Crippen LogP contribution is 2.15. The Hall–Kier alpha value is -2.41. The van der Waals surface area contributed by atoms with Crippen molar-refractivity contribution in [3.8, 4) is 5.75 Å². The standard InChI is InChI=1S/C22H25ClN4O2/c1-29-20-6-3-17(4-7-20)14-25-9-2-10-26(12-11-25)16-19-13-22(28)27-15-18(23)5-8-21(27)24-19/h3-8,13,15H,2,9-12,14,16H2,1H3. The molecule has 0 radical (unpaired) electrons. The van der Waals surface area contributed by atoms with Crippen LogP contribution in [0.2, 0.25) is 5.02 Å². The molecule has 0 N–H and O–H groups in total. The van der Waals surface area contributed by atoms with Gasteiger partial charge in [0.15, 0.2) is 0 Å². The molecule has 1 aliphatic rings. The van der Waals surface area contributed by atoms with E-state index in [0.717, 1.165) is 50.6 Å². The lowest BCUT2D eigenvalue weighted by Crippen LogP contribution is -2.31. The average molecular weight is 413 g/mol. The summed E-state index contributed by atoms with van der Waals surface area (Å²) < 4.78 is 6.73. The van der Waals surface area contributed by atoms with Crippen molar-refractivity contribution in [2.75, 3.05) is 33.3 Å². The smallest absolute Gasteiger partial charge is 0.258 e.